The van der Waals surface area contributed by atoms with Crippen molar-refractivity contribution in [2.75, 3.05) is 33.3 Å². The molecule has 0 aliphatic rings. The summed E-state index contributed by atoms with van der Waals surface area (Å²) in [6.45, 7) is 6.98. The van der Waals surface area contributed by atoms with E-state index in [9.17, 15) is 9.59 Å². The number of nitrogens with zero attached hydrogens (tertiary/aromatic N) is 1. The van der Waals surface area contributed by atoms with Crippen molar-refractivity contribution in [1.82, 2.24) is 10.2 Å². The van der Waals surface area contributed by atoms with Crippen molar-refractivity contribution in [2.24, 2.45) is 0 Å². The highest BCUT2D eigenvalue weighted by molar-refractivity contribution is 5.79. The SMILES string of the molecule is C=CCNC(=O)CN(CCC)CC(=O)OC. The normalized spacial score (nSPS) is 9.94. The Kier molecular flexibility index (Phi) is 8.15. The van der Waals surface area contributed by atoms with Crippen molar-refractivity contribution in [2.45, 2.75) is 13.3 Å². The largest absolute Gasteiger partial charge is 0.468 e. The number of carbonyl (C=O) groups excluding carboxylic acids is 2. The molecule has 0 radical (unpaired) electrons. The van der Waals surface area contributed by atoms with Crippen LogP contribution < -0.4 is 5.32 Å². The Hall–Kier alpha value is -1.36. The van der Waals surface area contributed by atoms with E-state index in [2.05, 4.69) is 16.6 Å². The molecule has 0 unspecified atom stereocenters. The van der Waals surface area contributed by atoms with Gasteiger partial charge >= 0.3 is 5.97 Å². The number of amides is 1. The number of carbonyl (C=O) groups is 2. The van der Waals surface area contributed by atoms with Crippen molar-refractivity contribution in [1.29, 1.82) is 0 Å². The molecule has 0 bridgehead atoms. The van der Waals surface area contributed by atoms with Crippen molar-refractivity contribution in [3.05, 3.63) is 12.7 Å². The monoisotopic (exact) mass is 228 g/mol. The van der Waals surface area contributed by atoms with Gasteiger partial charge in [-0.15, -0.1) is 6.58 Å². The summed E-state index contributed by atoms with van der Waals surface area (Å²) >= 11 is 0. The van der Waals surface area contributed by atoms with Gasteiger partial charge in [0.15, 0.2) is 0 Å². The molecule has 0 spiro atoms. The van der Waals surface area contributed by atoms with E-state index in [1.807, 2.05) is 6.92 Å². The van der Waals surface area contributed by atoms with Crippen molar-refractivity contribution < 1.29 is 14.3 Å². The third-order valence-electron chi connectivity index (χ3n) is 1.93. The Morgan fingerprint density at radius 3 is 2.62 bits per heavy atom. The summed E-state index contributed by atoms with van der Waals surface area (Å²) in [6.07, 6.45) is 2.49. The molecule has 0 fully saturated rings. The van der Waals surface area contributed by atoms with Crippen LogP contribution in [0.4, 0.5) is 0 Å². The van der Waals surface area contributed by atoms with Gasteiger partial charge in [-0.05, 0) is 13.0 Å². The van der Waals surface area contributed by atoms with Crippen LogP contribution in [-0.2, 0) is 14.3 Å². The fourth-order valence-electron chi connectivity index (χ4n) is 1.22. The number of nitrogens with one attached hydrogen (secondary N) is 1. The fraction of sp³-hybridized carbons (Fsp3) is 0.636. The number of hydrogen-bond acceptors (Lipinski definition) is 4. The second-order valence-electron chi connectivity index (χ2n) is 3.38. The fourth-order valence-corrected chi connectivity index (χ4v) is 1.22. The van der Waals surface area contributed by atoms with Crippen LogP contribution >= 0.6 is 0 Å². The van der Waals surface area contributed by atoms with Gasteiger partial charge < -0.3 is 10.1 Å². The Balaban J connectivity index is 4.05. The van der Waals surface area contributed by atoms with Crippen LogP contribution in [0.5, 0.6) is 0 Å². The molecule has 0 saturated heterocycles. The van der Waals surface area contributed by atoms with Crippen molar-refractivity contribution >= 4 is 11.9 Å². The van der Waals surface area contributed by atoms with E-state index in [4.69, 9.17) is 0 Å². The van der Waals surface area contributed by atoms with Crippen LogP contribution in [0.1, 0.15) is 13.3 Å². The Bertz CT molecular complexity index is 241. The number of methoxy groups -OCH3 is 1. The molecule has 0 aromatic rings. The van der Waals surface area contributed by atoms with E-state index >= 15 is 0 Å². The number of hydrogen-bond donors (Lipinski definition) is 1. The van der Waals surface area contributed by atoms with Crippen LogP contribution in [0.2, 0.25) is 0 Å². The van der Waals surface area contributed by atoms with E-state index in [-0.39, 0.29) is 25.0 Å². The summed E-state index contributed by atoms with van der Waals surface area (Å²) in [5.74, 6) is -0.442. The average molecular weight is 228 g/mol. The second kappa shape index (κ2) is 8.91. The molecule has 92 valence electrons. The van der Waals surface area contributed by atoms with Gasteiger partial charge in [0.2, 0.25) is 5.91 Å². The first-order valence-electron chi connectivity index (χ1n) is 5.30. The maximum atomic E-state index is 11.4. The molecule has 0 aromatic carbocycles. The van der Waals surface area contributed by atoms with E-state index in [0.717, 1.165) is 6.42 Å². The molecule has 0 heterocycles. The van der Waals surface area contributed by atoms with E-state index in [1.54, 1.807) is 11.0 Å². The number of rotatable bonds is 8. The predicted octanol–water partition coefficient (Wildman–Crippen LogP) is 0.174. The first kappa shape index (κ1) is 14.6. The first-order chi connectivity index (χ1) is 7.63. The molecule has 0 atom stereocenters. The highest BCUT2D eigenvalue weighted by Crippen LogP contribution is 1.92. The van der Waals surface area contributed by atoms with Gasteiger partial charge in [-0.1, -0.05) is 13.0 Å². The van der Waals surface area contributed by atoms with Crippen LogP contribution in [0.3, 0.4) is 0 Å². The topological polar surface area (TPSA) is 58.6 Å². The second-order valence-corrected chi connectivity index (χ2v) is 3.38. The smallest absolute Gasteiger partial charge is 0.319 e. The molecule has 0 aliphatic carbocycles. The summed E-state index contributed by atoms with van der Waals surface area (Å²) in [5, 5.41) is 2.66. The molecular formula is C11H20N2O3. The molecular weight excluding hydrogens is 208 g/mol. The van der Waals surface area contributed by atoms with Gasteiger partial charge in [-0.2, -0.15) is 0 Å². The van der Waals surface area contributed by atoms with Gasteiger partial charge in [0.1, 0.15) is 0 Å². The predicted molar refractivity (Wildman–Crippen MR) is 62.0 cm³/mol. The lowest BCUT2D eigenvalue weighted by Crippen LogP contribution is -2.40. The quantitative estimate of drug-likeness (QED) is 0.475. The first-order valence-corrected chi connectivity index (χ1v) is 5.30. The summed E-state index contributed by atoms with van der Waals surface area (Å²) in [6, 6.07) is 0. The molecule has 1 N–H and O–H groups in total. The minimum Gasteiger partial charge on any atom is -0.468 e. The molecule has 0 saturated carbocycles. The molecule has 0 rings (SSSR count). The lowest BCUT2D eigenvalue weighted by Gasteiger charge is -2.19. The minimum atomic E-state index is -0.329. The molecule has 5 nitrogen and oxygen atoms in total. The zero-order valence-corrected chi connectivity index (χ0v) is 9.99. The lowest BCUT2D eigenvalue weighted by molar-refractivity contribution is -0.142. The van der Waals surface area contributed by atoms with E-state index in [1.165, 1.54) is 7.11 Å². The summed E-state index contributed by atoms with van der Waals surface area (Å²) < 4.78 is 4.56. The zero-order chi connectivity index (χ0) is 12.4. The lowest BCUT2D eigenvalue weighted by atomic mass is 10.3. The van der Waals surface area contributed by atoms with Crippen LogP contribution in [0, 0.1) is 0 Å². The van der Waals surface area contributed by atoms with Gasteiger partial charge in [0.05, 0.1) is 20.2 Å². The Morgan fingerprint density at radius 1 is 1.44 bits per heavy atom. The minimum absolute atomic E-state index is 0.114. The Morgan fingerprint density at radius 2 is 2.12 bits per heavy atom. The average Bonchev–Trinajstić information content (AvgIpc) is 2.26. The summed E-state index contributed by atoms with van der Waals surface area (Å²) in [7, 11) is 1.34. The van der Waals surface area contributed by atoms with Gasteiger partial charge in [-0.3, -0.25) is 14.5 Å². The summed E-state index contributed by atoms with van der Waals surface area (Å²) in [4.78, 5) is 24.2. The number of ether oxygens (including phenoxy) is 1. The van der Waals surface area contributed by atoms with Gasteiger partial charge in [0.25, 0.3) is 0 Å². The van der Waals surface area contributed by atoms with Crippen LogP contribution in [0.25, 0.3) is 0 Å². The number of esters is 1. The zero-order valence-electron chi connectivity index (χ0n) is 9.99. The maximum Gasteiger partial charge on any atom is 0.319 e. The van der Waals surface area contributed by atoms with Gasteiger partial charge in [-0.25, -0.2) is 0 Å². The highest BCUT2D eigenvalue weighted by atomic mass is 16.5. The standard InChI is InChI=1S/C11H20N2O3/c1-4-6-12-10(14)8-13(7-5-2)9-11(15)16-3/h4H,1,5-9H2,2-3H3,(H,12,14). The van der Waals surface area contributed by atoms with Crippen LogP contribution in [-0.4, -0.2) is 50.1 Å². The maximum absolute atomic E-state index is 11.4. The molecule has 5 heteroatoms. The van der Waals surface area contributed by atoms with E-state index < -0.39 is 0 Å². The van der Waals surface area contributed by atoms with Gasteiger partial charge in [0, 0.05) is 6.54 Å². The highest BCUT2D eigenvalue weighted by Gasteiger charge is 2.13. The third kappa shape index (κ3) is 7.00. The third-order valence-corrected chi connectivity index (χ3v) is 1.93. The molecule has 0 aliphatic heterocycles. The van der Waals surface area contributed by atoms with Crippen molar-refractivity contribution in [3.8, 4) is 0 Å². The van der Waals surface area contributed by atoms with E-state index in [0.29, 0.717) is 13.1 Å². The van der Waals surface area contributed by atoms with Crippen LogP contribution in [0.15, 0.2) is 12.7 Å². The Labute approximate surface area is 96.4 Å². The molecule has 0 aromatic heterocycles. The van der Waals surface area contributed by atoms with Crippen molar-refractivity contribution in [3.63, 3.8) is 0 Å². The summed E-state index contributed by atoms with van der Waals surface area (Å²) in [5.41, 5.74) is 0. The molecule has 16 heavy (non-hydrogen) atoms. The molecule has 1 amide bonds.